The summed E-state index contributed by atoms with van der Waals surface area (Å²) >= 11 is 5.37. The van der Waals surface area contributed by atoms with Crippen LogP contribution < -0.4 is 5.32 Å². The van der Waals surface area contributed by atoms with Crippen LogP contribution >= 0.6 is 12.2 Å². The first-order valence-corrected chi connectivity index (χ1v) is 10.5. The molecule has 0 radical (unpaired) electrons. The average Bonchev–Trinajstić information content (AvgIpc) is 3.08. The number of likely N-dealkylation sites (N-methyl/N-ethyl adjacent to an activating group) is 1. The van der Waals surface area contributed by atoms with Gasteiger partial charge >= 0.3 is 0 Å². The van der Waals surface area contributed by atoms with Crippen molar-refractivity contribution in [1.29, 1.82) is 0 Å². The van der Waals surface area contributed by atoms with E-state index in [-0.39, 0.29) is 11.9 Å². The summed E-state index contributed by atoms with van der Waals surface area (Å²) in [6.45, 7) is 5.14. The van der Waals surface area contributed by atoms with Gasteiger partial charge in [-0.25, -0.2) is 0 Å². The first-order valence-electron chi connectivity index (χ1n) is 10.1. The van der Waals surface area contributed by atoms with Crippen LogP contribution in [0.25, 0.3) is 11.4 Å². The van der Waals surface area contributed by atoms with Gasteiger partial charge in [0.15, 0.2) is 10.6 Å². The highest BCUT2D eigenvalue weighted by atomic mass is 32.1. The molecular formula is C23H29N5OS. The molecule has 0 bridgehead atoms. The van der Waals surface area contributed by atoms with Crippen LogP contribution in [0.4, 0.5) is 0 Å². The number of H-pyrrole nitrogens is 1. The van der Waals surface area contributed by atoms with Gasteiger partial charge in [-0.05, 0) is 45.7 Å². The van der Waals surface area contributed by atoms with Gasteiger partial charge in [0.1, 0.15) is 0 Å². The number of aromatic nitrogens is 3. The number of amides is 1. The van der Waals surface area contributed by atoms with Gasteiger partial charge in [-0.15, -0.1) is 0 Å². The van der Waals surface area contributed by atoms with Crippen molar-refractivity contribution in [3.8, 4) is 11.4 Å². The first kappa shape index (κ1) is 21.9. The van der Waals surface area contributed by atoms with Gasteiger partial charge in [-0.3, -0.25) is 14.5 Å². The molecule has 0 saturated heterocycles. The van der Waals surface area contributed by atoms with E-state index in [1.54, 1.807) is 0 Å². The zero-order valence-corrected chi connectivity index (χ0v) is 18.8. The fourth-order valence-corrected chi connectivity index (χ4v) is 3.57. The van der Waals surface area contributed by atoms with E-state index in [4.69, 9.17) is 12.2 Å². The maximum Gasteiger partial charge on any atom is 0.221 e. The molecule has 1 amide bonds. The van der Waals surface area contributed by atoms with Crippen molar-refractivity contribution in [3.63, 3.8) is 0 Å². The summed E-state index contributed by atoms with van der Waals surface area (Å²) in [5, 5.41) is 10.3. The molecule has 3 aromatic rings. The second kappa shape index (κ2) is 9.82. The minimum absolute atomic E-state index is 0.00748. The summed E-state index contributed by atoms with van der Waals surface area (Å²) in [4.78, 5) is 14.7. The standard InChI is InChI=1S/C23H29N5OS/c1-16-5-9-18(10-6-16)20(27(3)4)15-24-21(29)13-14-28-22(25-26-23(28)30)19-11-7-17(2)8-12-19/h5-12,20H,13-15H2,1-4H3,(H,24,29)(H,26,30). The Kier molecular flexibility index (Phi) is 7.18. The predicted molar refractivity (Wildman–Crippen MR) is 123 cm³/mol. The molecule has 158 valence electrons. The summed E-state index contributed by atoms with van der Waals surface area (Å²) < 4.78 is 2.40. The van der Waals surface area contributed by atoms with Crippen LogP contribution in [0.5, 0.6) is 0 Å². The lowest BCUT2D eigenvalue weighted by Crippen LogP contribution is -2.34. The lowest BCUT2D eigenvalue weighted by atomic mass is 10.0. The van der Waals surface area contributed by atoms with Crippen LogP contribution in [0, 0.1) is 18.6 Å². The van der Waals surface area contributed by atoms with Gasteiger partial charge in [0, 0.05) is 25.1 Å². The zero-order chi connectivity index (χ0) is 21.7. The molecule has 7 heteroatoms. The molecule has 0 aliphatic rings. The third kappa shape index (κ3) is 5.43. The highest BCUT2D eigenvalue weighted by Gasteiger charge is 2.16. The monoisotopic (exact) mass is 423 g/mol. The number of nitrogens with zero attached hydrogens (tertiary/aromatic N) is 3. The van der Waals surface area contributed by atoms with E-state index in [1.807, 2.05) is 49.9 Å². The number of carbonyl (C=O) groups excluding carboxylic acids is 1. The maximum absolute atomic E-state index is 12.5. The molecule has 0 aliphatic heterocycles. The largest absolute Gasteiger partial charge is 0.354 e. The van der Waals surface area contributed by atoms with E-state index >= 15 is 0 Å². The van der Waals surface area contributed by atoms with E-state index in [0.29, 0.717) is 24.3 Å². The Morgan fingerprint density at radius 2 is 1.70 bits per heavy atom. The number of aromatic amines is 1. The fourth-order valence-electron chi connectivity index (χ4n) is 3.35. The Morgan fingerprint density at radius 1 is 1.10 bits per heavy atom. The van der Waals surface area contributed by atoms with Crippen molar-refractivity contribution in [2.45, 2.75) is 32.9 Å². The third-order valence-corrected chi connectivity index (χ3v) is 5.52. The first-order chi connectivity index (χ1) is 14.3. The molecule has 1 heterocycles. The Bertz CT molecular complexity index is 1030. The summed E-state index contributed by atoms with van der Waals surface area (Å²) in [6, 6.07) is 16.7. The summed E-state index contributed by atoms with van der Waals surface area (Å²) in [5.74, 6) is 0.741. The van der Waals surface area contributed by atoms with Crippen LogP contribution in [0.1, 0.15) is 29.2 Å². The van der Waals surface area contributed by atoms with E-state index < -0.39 is 0 Å². The molecule has 2 N–H and O–H groups in total. The van der Waals surface area contributed by atoms with Crippen molar-refractivity contribution in [2.24, 2.45) is 0 Å². The predicted octanol–water partition coefficient (Wildman–Crippen LogP) is 4.03. The molecule has 30 heavy (non-hydrogen) atoms. The van der Waals surface area contributed by atoms with Gasteiger partial charge in [-0.2, -0.15) is 5.10 Å². The minimum Gasteiger partial charge on any atom is -0.354 e. The molecule has 1 unspecified atom stereocenters. The molecule has 0 saturated carbocycles. The van der Waals surface area contributed by atoms with E-state index in [0.717, 1.165) is 11.4 Å². The van der Waals surface area contributed by atoms with E-state index in [9.17, 15) is 4.79 Å². The number of rotatable bonds is 8. The van der Waals surface area contributed by atoms with Crippen LogP contribution in [0.15, 0.2) is 48.5 Å². The fraction of sp³-hybridized carbons (Fsp3) is 0.348. The topological polar surface area (TPSA) is 66.0 Å². The Morgan fingerprint density at radius 3 is 2.30 bits per heavy atom. The average molecular weight is 424 g/mol. The maximum atomic E-state index is 12.5. The van der Waals surface area contributed by atoms with E-state index in [1.165, 1.54) is 16.7 Å². The quantitative estimate of drug-likeness (QED) is 0.537. The zero-order valence-electron chi connectivity index (χ0n) is 18.0. The molecule has 0 aliphatic carbocycles. The van der Waals surface area contributed by atoms with Crippen molar-refractivity contribution >= 4 is 18.1 Å². The number of aryl methyl sites for hydroxylation is 2. The third-order valence-electron chi connectivity index (χ3n) is 5.21. The smallest absolute Gasteiger partial charge is 0.221 e. The molecule has 6 nitrogen and oxygen atoms in total. The number of hydrogen-bond acceptors (Lipinski definition) is 4. The van der Waals surface area contributed by atoms with Gasteiger partial charge < -0.3 is 10.2 Å². The lowest BCUT2D eigenvalue weighted by Gasteiger charge is -2.25. The molecule has 1 atom stereocenters. The Labute approximate surface area is 182 Å². The number of benzene rings is 2. The lowest BCUT2D eigenvalue weighted by molar-refractivity contribution is -0.121. The Hall–Kier alpha value is -2.77. The summed E-state index contributed by atoms with van der Waals surface area (Å²) in [6.07, 6.45) is 0.334. The van der Waals surface area contributed by atoms with Crippen molar-refractivity contribution < 1.29 is 4.79 Å². The molecule has 1 aromatic heterocycles. The van der Waals surface area contributed by atoms with E-state index in [2.05, 4.69) is 51.6 Å². The summed E-state index contributed by atoms with van der Waals surface area (Å²) in [7, 11) is 4.05. The number of nitrogens with one attached hydrogen (secondary N) is 2. The van der Waals surface area contributed by atoms with Crippen LogP contribution in [0.3, 0.4) is 0 Å². The molecule has 0 spiro atoms. The highest BCUT2D eigenvalue weighted by molar-refractivity contribution is 7.71. The van der Waals surface area contributed by atoms with Crippen LogP contribution in [-0.4, -0.2) is 46.2 Å². The van der Waals surface area contributed by atoms with Crippen LogP contribution in [-0.2, 0) is 11.3 Å². The highest BCUT2D eigenvalue weighted by Crippen LogP contribution is 2.19. The molecular weight excluding hydrogens is 394 g/mol. The molecule has 3 rings (SSSR count). The van der Waals surface area contributed by atoms with Crippen molar-refractivity contribution in [1.82, 2.24) is 25.0 Å². The van der Waals surface area contributed by atoms with Crippen LogP contribution in [0.2, 0.25) is 0 Å². The SMILES string of the molecule is Cc1ccc(-c2n[nH]c(=S)n2CCC(=O)NCC(c2ccc(C)cc2)N(C)C)cc1. The van der Waals surface area contributed by atoms with Gasteiger partial charge in [0.2, 0.25) is 5.91 Å². The Balaban J connectivity index is 1.62. The van der Waals surface area contributed by atoms with Crippen molar-refractivity contribution in [3.05, 3.63) is 70.0 Å². The molecule has 0 fully saturated rings. The second-order valence-corrected chi connectivity index (χ2v) is 8.20. The second-order valence-electron chi connectivity index (χ2n) is 7.81. The number of hydrogen-bond donors (Lipinski definition) is 2. The van der Waals surface area contributed by atoms with Gasteiger partial charge in [0.25, 0.3) is 0 Å². The number of carbonyl (C=O) groups is 1. The molecule has 2 aromatic carbocycles. The normalized spacial score (nSPS) is 12.2. The van der Waals surface area contributed by atoms with Gasteiger partial charge in [-0.1, -0.05) is 59.7 Å². The minimum atomic E-state index is -0.00748. The summed E-state index contributed by atoms with van der Waals surface area (Å²) in [5.41, 5.74) is 4.56. The van der Waals surface area contributed by atoms with Crippen molar-refractivity contribution in [2.75, 3.05) is 20.6 Å². The van der Waals surface area contributed by atoms with Gasteiger partial charge in [0.05, 0.1) is 6.04 Å².